The maximum absolute atomic E-state index is 11.3. The largest absolute Gasteiger partial charge is 0.476 e. The molecule has 1 heterocycles. The molecule has 1 aromatic heterocycles. The Morgan fingerprint density at radius 2 is 2.00 bits per heavy atom. The van der Waals surface area contributed by atoms with Crippen LogP contribution in [0.4, 0.5) is 5.69 Å². The third-order valence-electron chi connectivity index (χ3n) is 2.50. The Balaban J connectivity index is 2.02. The van der Waals surface area contributed by atoms with Crippen LogP contribution in [0.2, 0.25) is 0 Å². The molecule has 0 aliphatic heterocycles. The van der Waals surface area contributed by atoms with Crippen molar-refractivity contribution in [2.75, 3.05) is 11.6 Å². The lowest BCUT2D eigenvalue weighted by Crippen LogP contribution is -2.02. The zero-order valence-electron chi connectivity index (χ0n) is 10.5. The molecule has 8 heteroatoms. The highest BCUT2D eigenvalue weighted by molar-refractivity contribution is 7.90. The molecule has 0 spiro atoms. The van der Waals surface area contributed by atoms with Gasteiger partial charge in [0.25, 0.3) is 0 Å². The monoisotopic (exact) mass is 312 g/mol. The lowest BCUT2D eigenvalue weighted by Gasteiger charge is -2.05. The van der Waals surface area contributed by atoms with Gasteiger partial charge in [0.1, 0.15) is 5.01 Å². The van der Waals surface area contributed by atoms with Crippen molar-refractivity contribution in [3.05, 3.63) is 40.3 Å². The Morgan fingerprint density at radius 1 is 1.35 bits per heavy atom. The van der Waals surface area contributed by atoms with Gasteiger partial charge in [-0.2, -0.15) is 0 Å². The summed E-state index contributed by atoms with van der Waals surface area (Å²) in [4.78, 5) is 14.9. The minimum Gasteiger partial charge on any atom is -0.476 e. The smallest absolute Gasteiger partial charge is 0.355 e. The quantitative estimate of drug-likeness (QED) is 0.874. The minimum atomic E-state index is -3.20. The summed E-state index contributed by atoms with van der Waals surface area (Å²) >= 11 is 1.25. The van der Waals surface area contributed by atoms with Crippen molar-refractivity contribution in [1.29, 1.82) is 0 Å². The number of hydrogen-bond donors (Lipinski definition) is 2. The molecule has 2 N–H and O–H groups in total. The van der Waals surface area contributed by atoms with Crippen LogP contribution in [0.15, 0.2) is 34.5 Å². The van der Waals surface area contributed by atoms with Crippen molar-refractivity contribution in [2.45, 2.75) is 11.4 Å². The number of hydrogen-bond acceptors (Lipinski definition) is 6. The molecule has 0 saturated carbocycles. The molecular formula is C12H12N2O4S2. The Bertz CT molecular complexity index is 720. The van der Waals surface area contributed by atoms with E-state index < -0.39 is 15.8 Å². The van der Waals surface area contributed by atoms with Gasteiger partial charge < -0.3 is 10.4 Å². The summed E-state index contributed by atoms with van der Waals surface area (Å²) in [5.41, 5.74) is 0.767. The highest BCUT2D eigenvalue weighted by atomic mass is 32.2. The lowest BCUT2D eigenvalue weighted by atomic mass is 10.3. The summed E-state index contributed by atoms with van der Waals surface area (Å²) in [6.07, 6.45) is 1.15. The van der Waals surface area contributed by atoms with Gasteiger partial charge in [0, 0.05) is 17.3 Å². The molecule has 0 amide bonds. The molecule has 1 aromatic carbocycles. The number of aromatic nitrogens is 1. The molecule has 0 aliphatic rings. The van der Waals surface area contributed by atoms with E-state index in [2.05, 4.69) is 10.3 Å². The molecule has 6 nitrogen and oxygen atoms in total. The first kappa shape index (κ1) is 14.5. The van der Waals surface area contributed by atoms with Crippen LogP contribution in [-0.2, 0) is 16.4 Å². The predicted octanol–water partition coefficient (Wildman–Crippen LogP) is 1.86. The average Bonchev–Trinajstić information content (AvgIpc) is 2.85. The van der Waals surface area contributed by atoms with Crippen LogP contribution >= 0.6 is 11.3 Å². The van der Waals surface area contributed by atoms with Crippen molar-refractivity contribution < 1.29 is 18.3 Å². The standard InChI is InChI=1S/C12H12N2O4S2/c1-20(17,18)9-4-2-8(3-5-9)13-6-11-14-10(7-19-11)12(15)16/h2-5,7,13H,6H2,1H3,(H,15,16). The van der Waals surface area contributed by atoms with Crippen molar-refractivity contribution in [3.8, 4) is 0 Å². The molecule has 106 valence electrons. The third kappa shape index (κ3) is 3.55. The van der Waals surface area contributed by atoms with Gasteiger partial charge in [-0.05, 0) is 24.3 Å². The van der Waals surface area contributed by atoms with E-state index in [-0.39, 0.29) is 10.6 Å². The van der Waals surface area contributed by atoms with Crippen LogP contribution in [0.25, 0.3) is 0 Å². The average molecular weight is 312 g/mol. The molecule has 2 aromatic rings. The lowest BCUT2D eigenvalue weighted by molar-refractivity contribution is 0.0691. The van der Waals surface area contributed by atoms with E-state index in [1.165, 1.54) is 28.8 Å². The summed E-state index contributed by atoms with van der Waals surface area (Å²) < 4.78 is 22.6. The Hall–Kier alpha value is -1.93. The summed E-state index contributed by atoms with van der Waals surface area (Å²) in [6.45, 7) is 0.385. The molecule has 20 heavy (non-hydrogen) atoms. The number of rotatable bonds is 5. The zero-order chi connectivity index (χ0) is 14.8. The first-order valence-corrected chi connectivity index (χ1v) is 8.35. The second-order valence-electron chi connectivity index (χ2n) is 4.08. The molecule has 0 fully saturated rings. The fraction of sp³-hybridized carbons (Fsp3) is 0.167. The number of nitrogens with zero attached hydrogens (tertiary/aromatic N) is 1. The fourth-order valence-corrected chi connectivity index (χ4v) is 2.83. The zero-order valence-corrected chi connectivity index (χ0v) is 12.2. The SMILES string of the molecule is CS(=O)(=O)c1ccc(NCc2nc(C(=O)O)cs2)cc1. The Kier molecular flexibility index (Phi) is 4.05. The molecule has 0 bridgehead atoms. The molecule has 0 atom stereocenters. The molecule has 0 saturated heterocycles. The Morgan fingerprint density at radius 3 is 2.50 bits per heavy atom. The second-order valence-corrected chi connectivity index (χ2v) is 7.04. The van der Waals surface area contributed by atoms with Crippen LogP contribution in [0.5, 0.6) is 0 Å². The first-order chi connectivity index (χ1) is 9.36. The molecule has 0 unspecified atom stereocenters. The highest BCUT2D eigenvalue weighted by Gasteiger charge is 2.09. The van der Waals surface area contributed by atoms with E-state index >= 15 is 0 Å². The number of benzene rings is 1. The first-order valence-electron chi connectivity index (χ1n) is 5.58. The van der Waals surface area contributed by atoms with E-state index in [0.29, 0.717) is 11.6 Å². The number of sulfone groups is 1. The van der Waals surface area contributed by atoms with E-state index in [0.717, 1.165) is 11.9 Å². The molecule has 2 rings (SSSR count). The van der Waals surface area contributed by atoms with Crippen molar-refractivity contribution in [2.24, 2.45) is 0 Å². The van der Waals surface area contributed by atoms with Gasteiger partial charge in [-0.3, -0.25) is 0 Å². The van der Waals surface area contributed by atoms with Crippen LogP contribution in [0, 0.1) is 0 Å². The highest BCUT2D eigenvalue weighted by Crippen LogP contribution is 2.16. The van der Waals surface area contributed by atoms with E-state index in [1.54, 1.807) is 12.1 Å². The maximum Gasteiger partial charge on any atom is 0.355 e. The van der Waals surface area contributed by atoms with Crippen molar-refractivity contribution in [3.63, 3.8) is 0 Å². The van der Waals surface area contributed by atoms with Gasteiger partial charge in [-0.1, -0.05) is 0 Å². The topological polar surface area (TPSA) is 96.4 Å². The number of carboxylic acid groups (broad SMARTS) is 1. The fourth-order valence-electron chi connectivity index (χ4n) is 1.49. The number of carbonyl (C=O) groups is 1. The maximum atomic E-state index is 11.3. The summed E-state index contributed by atoms with van der Waals surface area (Å²) in [5.74, 6) is -1.05. The van der Waals surface area contributed by atoms with Crippen molar-refractivity contribution in [1.82, 2.24) is 4.98 Å². The molecule has 0 aliphatic carbocycles. The van der Waals surface area contributed by atoms with E-state index in [1.807, 2.05) is 0 Å². The number of aromatic carboxylic acids is 1. The minimum absolute atomic E-state index is 0.0271. The van der Waals surface area contributed by atoms with Crippen LogP contribution in [0.3, 0.4) is 0 Å². The normalized spacial score (nSPS) is 11.2. The summed E-state index contributed by atoms with van der Waals surface area (Å²) in [7, 11) is -3.20. The Labute approximate surface area is 120 Å². The predicted molar refractivity (Wildman–Crippen MR) is 76.0 cm³/mol. The van der Waals surface area contributed by atoms with Gasteiger partial charge in [-0.25, -0.2) is 18.2 Å². The number of anilines is 1. The number of thiazole rings is 1. The van der Waals surface area contributed by atoms with Crippen molar-refractivity contribution >= 4 is 32.8 Å². The van der Waals surface area contributed by atoms with Gasteiger partial charge in [-0.15, -0.1) is 11.3 Å². The second kappa shape index (κ2) is 5.59. The van der Waals surface area contributed by atoms with E-state index in [4.69, 9.17) is 5.11 Å². The van der Waals surface area contributed by atoms with Crippen LogP contribution < -0.4 is 5.32 Å². The van der Waals surface area contributed by atoms with Gasteiger partial charge >= 0.3 is 5.97 Å². The summed E-state index contributed by atoms with van der Waals surface area (Å²) in [5, 5.41) is 13.9. The van der Waals surface area contributed by atoms with Crippen LogP contribution in [0.1, 0.15) is 15.5 Å². The molecule has 0 radical (unpaired) electrons. The third-order valence-corrected chi connectivity index (χ3v) is 4.47. The number of nitrogens with one attached hydrogen (secondary N) is 1. The summed E-state index contributed by atoms with van der Waals surface area (Å²) in [6, 6.07) is 6.34. The van der Waals surface area contributed by atoms with E-state index in [9.17, 15) is 13.2 Å². The molecular weight excluding hydrogens is 300 g/mol. The van der Waals surface area contributed by atoms with Crippen LogP contribution in [-0.4, -0.2) is 30.7 Å². The van der Waals surface area contributed by atoms with Gasteiger partial charge in [0.2, 0.25) is 0 Å². The van der Waals surface area contributed by atoms with Gasteiger partial charge in [0.15, 0.2) is 15.5 Å². The number of carboxylic acids is 1. The van der Waals surface area contributed by atoms with Gasteiger partial charge in [0.05, 0.1) is 11.4 Å².